The molecule has 2 atom stereocenters. The normalized spacial score (nSPS) is 21.2. The molecule has 1 aliphatic carbocycles. The van der Waals surface area contributed by atoms with Crippen molar-refractivity contribution in [3.63, 3.8) is 0 Å². The highest BCUT2D eigenvalue weighted by atomic mass is 16.5. The molecule has 0 bridgehead atoms. The molecule has 0 aromatic rings. The number of nitrogens with one attached hydrogen (secondary N) is 1. The lowest BCUT2D eigenvalue weighted by molar-refractivity contribution is -0.133. The van der Waals surface area contributed by atoms with E-state index in [2.05, 4.69) is 5.32 Å². The van der Waals surface area contributed by atoms with Crippen LogP contribution in [0.5, 0.6) is 0 Å². The number of ether oxygens (including phenoxy) is 2. The van der Waals surface area contributed by atoms with Crippen LogP contribution in [-0.2, 0) is 14.3 Å². The van der Waals surface area contributed by atoms with Gasteiger partial charge in [0.2, 0.25) is 5.91 Å². The number of rotatable bonds is 7. The minimum atomic E-state index is -0.643. The summed E-state index contributed by atoms with van der Waals surface area (Å²) in [6.07, 6.45) is 1.13. The number of methoxy groups -OCH3 is 2. The summed E-state index contributed by atoms with van der Waals surface area (Å²) in [5, 5.41) is 12.7. The van der Waals surface area contributed by atoms with Crippen LogP contribution in [0.1, 0.15) is 26.2 Å². The average molecular weight is 231 g/mol. The summed E-state index contributed by atoms with van der Waals surface area (Å²) in [5.74, 6) is -0.155. The third kappa shape index (κ3) is 2.93. The fourth-order valence-electron chi connectivity index (χ4n) is 1.78. The van der Waals surface area contributed by atoms with E-state index in [1.165, 1.54) is 14.2 Å². The predicted octanol–water partition coefficient (Wildman–Crippen LogP) is 0.0675. The van der Waals surface area contributed by atoms with E-state index in [0.717, 1.165) is 12.8 Å². The topological polar surface area (TPSA) is 67.8 Å². The van der Waals surface area contributed by atoms with Gasteiger partial charge in [-0.3, -0.25) is 4.79 Å². The van der Waals surface area contributed by atoms with Gasteiger partial charge in [-0.1, -0.05) is 6.92 Å². The van der Waals surface area contributed by atoms with Crippen molar-refractivity contribution in [2.24, 2.45) is 0 Å². The second-order valence-electron chi connectivity index (χ2n) is 4.25. The second-order valence-corrected chi connectivity index (χ2v) is 4.25. The fraction of sp³-hybridized carbons (Fsp3) is 0.909. The van der Waals surface area contributed by atoms with Crippen LogP contribution in [0.4, 0.5) is 0 Å². The summed E-state index contributed by atoms with van der Waals surface area (Å²) in [6, 6.07) is 0. The largest absolute Gasteiger partial charge is 0.388 e. The smallest absolute Gasteiger partial charge is 0.249 e. The van der Waals surface area contributed by atoms with E-state index >= 15 is 0 Å². The summed E-state index contributed by atoms with van der Waals surface area (Å²) in [5.41, 5.74) is -0.487. The van der Waals surface area contributed by atoms with Gasteiger partial charge in [-0.15, -0.1) is 0 Å². The van der Waals surface area contributed by atoms with E-state index in [4.69, 9.17) is 9.47 Å². The Morgan fingerprint density at radius 1 is 1.50 bits per heavy atom. The van der Waals surface area contributed by atoms with Crippen LogP contribution < -0.4 is 5.32 Å². The Morgan fingerprint density at radius 2 is 2.12 bits per heavy atom. The molecule has 0 aromatic carbocycles. The maximum absolute atomic E-state index is 11.8. The van der Waals surface area contributed by atoms with Gasteiger partial charge in [0.15, 0.2) is 0 Å². The third-order valence-electron chi connectivity index (χ3n) is 3.07. The molecule has 1 rings (SSSR count). The zero-order chi connectivity index (χ0) is 12.2. The molecule has 1 fully saturated rings. The van der Waals surface area contributed by atoms with Gasteiger partial charge in [-0.25, -0.2) is 0 Å². The van der Waals surface area contributed by atoms with Gasteiger partial charge in [0.25, 0.3) is 0 Å². The van der Waals surface area contributed by atoms with Crippen molar-refractivity contribution in [2.75, 3.05) is 20.8 Å². The van der Waals surface area contributed by atoms with Crippen LogP contribution in [-0.4, -0.2) is 49.6 Å². The van der Waals surface area contributed by atoms with Crippen LogP contribution in [0.15, 0.2) is 0 Å². The molecule has 2 unspecified atom stereocenters. The maximum Gasteiger partial charge on any atom is 0.249 e. The Morgan fingerprint density at radius 3 is 2.50 bits per heavy atom. The first-order valence-electron chi connectivity index (χ1n) is 5.61. The molecule has 0 saturated heterocycles. The van der Waals surface area contributed by atoms with Crippen LogP contribution in [0.25, 0.3) is 0 Å². The SMILES string of the molecule is CCC(OC)C(=O)NC1(C(O)COC)CC1. The standard InChI is InChI=1S/C11H21NO4/c1-4-8(16-3)10(14)12-11(5-6-11)9(13)7-15-2/h8-9,13H,4-7H2,1-3H3,(H,12,14). The van der Waals surface area contributed by atoms with Crippen LogP contribution in [0.2, 0.25) is 0 Å². The molecule has 2 N–H and O–H groups in total. The van der Waals surface area contributed by atoms with E-state index in [1.54, 1.807) is 0 Å². The molecular formula is C11H21NO4. The first-order valence-corrected chi connectivity index (χ1v) is 5.61. The summed E-state index contributed by atoms with van der Waals surface area (Å²) in [4.78, 5) is 11.8. The van der Waals surface area contributed by atoms with Crippen molar-refractivity contribution in [3.05, 3.63) is 0 Å². The van der Waals surface area contributed by atoms with E-state index in [0.29, 0.717) is 6.42 Å². The van der Waals surface area contributed by atoms with Crippen molar-refractivity contribution >= 4 is 5.91 Å². The molecule has 0 heterocycles. The number of hydrogen-bond donors (Lipinski definition) is 2. The highest BCUT2D eigenvalue weighted by molar-refractivity contribution is 5.82. The van der Waals surface area contributed by atoms with Gasteiger partial charge < -0.3 is 19.9 Å². The van der Waals surface area contributed by atoms with Crippen molar-refractivity contribution < 1.29 is 19.4 Å². The lowest BCUT2D eigenvalue weighted by Gasteiger charge is -2.25. The first kappa shape index (κ1) is 13.4. The van der Waals surface area contributed by atoms with Crippen LogP contribution in [0.3, 0.4) is 0 Å². The molecule has 0 aromatic heterocycles. The quantitative estimate of drug-likeness (QED) is 0.650. The van der Waals surface area contributed by atoms with Crippen molar-refractivity contribution in [3.8, 4) is 0 Å². The first-order chi connectivity index (χ1) is 7.59. The average Bonchev–Trinajstić information content (AvgIpc) is 3.01. The van der Waals surface area contributed by atoms with Crippen molar-refractivity contribution in [1.29, 1.82) is 0 Å². The van der Waals surface area contributed by atoms with Gasteiger partial charge >= 0.3 is 0 Å². The molecule has 1 amide bonds. The summed E-state index contributed by atoms with van der Waals surface area (Å²) < 4.78 is 9.94. The Kier molecular flexibility index (Phi) is 4.70. The zero-order valence-corrected chi connectivity index (χ0v) is 10.2. The molecule has 94 valence electrons. The highest BCUT2D eigenvalue weighted by Crippen LogP contribution is 2.39. The van der Waals surface area contributed by atoms with Gasteiger partial charge in [0.05, 0.1) is 12.1 Å². The third-order valence-corrected chi connectivity index (χ3v) is 3.07. The summed E-state index contributed by atoms with van der Waals surface area (Å²) in [6.45, 7) is 2.13. The van der Waals surface area contributed by atoms with Gasteiger partial charge in [-0.05, 0) is 19.3 Å². The van der Waals surface area contributed by atoms with Crippen LogP contribution in [0, 0.1) is 0 Å². The summed E-state index contributed by atoms with van der Waals surface area (Å²) in [7, 11) is 3.05. The minimum absolute atomic E-state index is 0.155. The molecule has 5 nitrogen and oxygen atoms in total. The zero-order valence-electron chi connectivity index (χ0n) is 10.2. The molecule has 0 spiro atoms. The maximum atomic E-state index is 11.8. The molecule has 5 heteroatoms. The Balaban J connectivity index is 2.49. The lowest BCUT2D eigenvalue weighted by atomic mass is 10.1. The van der Waals surface area contributed by atoms with E-state index < -0.39 is 17.7 Å². The molecule has 1 aliphatic rings. The van der Waals surface area contributed by atoms with Gasteiger partial charge in [0.1, 0.15) is 12.2 Å². The van der Waals surface area contributed by atoms with Gasteiger partial charge in [-0.2, -0.15) is 0 Å². The number of aliphatic hydroxyl groups is 1. The molecule has 0 radical (unpaired) electrons. The minimum Gasteiger partial charge on any atom is -0.388 e. The fourth-order valence-corrected chi connectivity index (χ4v) is 1.78. The number of carbonyl (C=O) groups is 1. The van der Waals surface area contributed by atoms with Gasteiger partial charge in [0, 0.05) is 14.2 Å². The molecular weight excluding hydrogens is 210 g/mol. The number of hydrogen-bond acceptors (Lipinski definition) is 4. The molecule has 0 aliphatic heterocycles. The second kappa shape index (κ2) is 5.61. The number of carbonyl (C=O) groups excluding carboxylic acids is 1. The lowest BCUT2D eigenvalue weighted by Crippen LogP contribution is -2.51. The van der Waals surface area contributed by atoms with E-state index in [1.807, 2.05) is 6.92 Å². The van der Waals surface area contributed by atoms with E-state index in [-0.39, 0.29) is 12.5 Å². The monoisotopic (exact) mass is 231 g/mol. The Bertz CT molecular complexity index is 236. The number of aliphatic hydroxyl groups excluding tert-OH is 1. The van der Waals surface area contributed by atoms with E-state index in [9.17, 15) is 9.90 Å². The Labute approximate surface area is 96.1 Å². The van der Waals surface area contributed by atoms with Crippen LogP contribution >= 0.6 is 0 Å². The van der Waals surface area contributed by atoms with Crippen molar-refractivity contribution in [1.82, 2.24) is 5.32 Å². The van der Waals surface area contributed by atoms with Crippen molar-refractivity contribution in [2.45, 2.75) is 43.9 Å². The molecule has 16 heavy (non-hydrogen) atoms. The highest BCUT2D eigenvalue weighted by Gasteiger charge is 2.50. The molecule has 1 saturated carbocycles. The Hall–Kier alpha value is -0.650. The predicted molar refractivity (Wildman–Crippen MR) is 59.1 cm³/mol. The summed E-state index contributed by atoms with van der Waals surface area (Å²) >= 11 is 0. The number of amides is 1.